The number of likely N-dealkylation sites (N-methyl/N-ethyl adjacent to an activating group) is 2. The monoisotopic (exact) mass is 1060 g/mol. The van der Waals surface area contributed by atoms with Gasteiger partial charge in [0.05, 0.1) is 47.4 Å². The molecule has 0 aliphatic heterocycles. The smallest absolute Gasteiger partial charge is 0.362 e. The van der Waals surface area contributed by atoms with Gasteiger partial charge in [-0.3, -0.25) is 0 Å². The fourth-order valence-electron chi connectivity index (χ4n) is 14.1. The standard InChI is InChI=1S/C56H106N2O4.C4H10.3C3H8/c1-15-20-21-22-23-24-25-26-27-28-29-30-40-57(12,13)41-52(60)62-47(17-3)35-36-54(9)45(8)33-37-56(11)50(54)32-31-49-53(48(18-4)44(6)7)46(34-38-55(49,56)10)43-61-51(59)42-58(14,19-5)39-16-2;1-3-4-2;3*1-3-2/h45-50,53H,6,15-43H2,1-5,7-14H3;3-4H2,1-2H3;3*3H2,1-2H3/q+2;;;;/t45?,46-,47-,48+,49?,50?,53?,54?,55-,56-,58?;;;;/m1..../s1. The van der Waals surface area contributed by atoms with Crippen molar-refractivity contribution in [1.82, 2.24) is 0 Å². The van der Waals surface area contributed by atoms with Crippen molar-refractivity contribution in [3.8, 4) is 0 Å². The number of ether oxygens (including phenoxy) is 2. The van der Waals surface area contributed by atoms with Crippen LogP contribution in [0.3, 0.4) is 0 Å². The number of carbonyl (C=O) groups is 2. The Labute approximate surface area is 472 Å². The molecule has 3 aliphatic carbocycles. The summed E-state index contributed by atoms with van der Waals surface area (Å²) in [6.07, 6.45) is 35.2. The number of carbonyl (C=O) groups excluding carboxylic acids is 2. The Morgan fingerprint density at radius 2 is 1.11 bits per heavy atom. The molecule has 6 heteroatoms. The summed E-state index contributed by atoms with van der Waals surface area (Å²) >= 11 is 0. The van der Waals surface area contributed by atoms with Gasteiger partial charge in [0.25, 0.3) is 0 Å². The molecule has 11 atom stereocenters. The molecule has 3 rings (SSSR count). The van der Waals surface area contributed by atoms with Gasteiger partial charge in [-0.2, -0.15) is 0 Å². The second-order valence-electron chi connectivity index (χ2n) is 26.6. The maximum Gasteiger partial charge on any atom is 0.362 e. The Morgan fingerprint density at radius 3 is 1.56 bits per heavy atom. The minimum absolute atomic E-state index is 0.0161. The summed E-state index contributed by atoms with van der Waals surface area (Å²) in [4.78, 5) is 26.9. The Bertz CT molecular complexity index is 1420. The molecule has 75 heavy (non-hydrogen) atoms. The largest absolute Gasteiger partial charge is 0.461 e. The molecule has 0 aromatic rings. The summed E-state index contributed by atoms with van der Waals surface area (Å²) in [5, 5.41) is 0. The summed E-state index contributed by atoms with van der Waals surface area (Å²) in [5.74, 6) is 3.15. The van der Waals surface area contributed by atoms with E-state index in [2.05, 4.69) is 152 Å². The zero-order valence-electron chi connectivity index (χ0n) is 55.3. The van der Waals surface area contributed by atoms with Crippen LogP contribution in [-0.2, 0) is 19.1 Å². The van der Waals surface area contributed by atoms with Gasteiger partial charge in [0, 0.05) is 0 Å². The van der Waals surface area contributed by atoms with Crippen molar-refractivity contribution < 1.29 is 28.0 Å². The van der Waals surface area contributed by atoms with E-state index in [-0.39, 0.29) is 34.3 Å². The number of nitrogens with zero attached hydrogens (tertiary/aromatic N) is 2. The van der Waals surface area contributed by atoms with Crippen LogP contribution in [0.1, 0.15) is 304 Å². The van der Waals surface area contributed by atoms with Gasteiger partial charge in [0.15, 0.2) is 13.1 Å². The minimum Gasteiger partial charge on any atom is -0.461 e. The first kappa shape index (κ1) is 75.7. The average Bonchev–Trinajstić information content (AvgIpc) is 3.35. The van der Waals surface area contributed by atoms with Crippen molar-refractivity contribution in [3.05, 3.63) is 12.2 Å². The Kier molecular flexibility index (Phi) is 42.0. The van der Waals surface area contributed by atoms with Crippen LogP contribution in [0.15, 0.2) is 12.2 Å². The number of hydrogen-bond acceptors (Lipinski definition) is 4. The fraction of sp³-hybridized carbons (Fsp3) is 0.942. The first-order valence-corrected chi connectivity index (χ1v) is 33.1. The third kappa shape index (κ3) is 26.6. The van der Waals surface area contributed by atoms with Crippen molar-refractivity contribution in [2.45, 2.75) is 311 Å². The highest BCUT2D eigenvalue weighted by Crippen LogP contribution is 2.73. The normalized spacial score (nSPS) is 26.5. The summed E-state index contributed by atoms with van der Waals surface area (Å²) in [5.41, 5.74) is 1.96. The second kappa shape index (κ2) is 41.6. The van der Waals surface area contributed by atoms with E-state index in [1.807, 2.05) is 0 Å². The number of quaternary nitrogens is 2. The maximum atomic E-state index is 13.5. The van der Waals surface area contributed by atoms with E-state index in [0.29, 0.717) is 59.7 Å². The molecule has 3 aliphatic rings. The van der Waals surface area contributed by atoms with E-state index in [1.165, 1.54) is 147 Å². The van der Waals surface area contributed by atoms with E-state index < -0.39 is 0 Å². The molecular formula is C69H140N2O4+2. The predicted molar refractivity (Wildman–Crippen MR) is 332 cm³/mol. The van der Waals surface area contributed by atoms with Gasteiger partial charge >= 0.3 is 11.9 Å². The molecule has 0 saturated heterocycles. The molecule has 0 aromatic heterocycles. The zero-order valence-corrected chi connectivity index (χ0v) is 55.3. The summed E-state index contributed by atoms with van der Waals surface area (Å²) in [6.45, 7) is 50.2. The van der Waals surface area contributed by atoms with Crippen molar-refractivity contribution >= 4 is 11.9 Å². The highest BCUT2D eigenvalue weighted by molar-refractivity contribution is 5.71. The van der Waals surface area contributed by atoms with E-state index in [9.17, 15) is 9.59 Å². The van der Waals surface area contributed by atoms with Crippen molar-refractivity contribution in [3.63, 3.8) is 0 Å². The van der Waals surface area contributed by atoms with Crippen LogP contribution < -0.4 is 0 Å². The lowest BCUT2D eigenvalue weighted by Gasteiger charge is -2.70. The molecule has 448 valence electrons. The van der Waals surface area contributed by atoms with Crippen LogP contribution in [0.2, 0.25) is 0 Å². The molecule has 3 fully saturated rings. The fourth-order valence-corrected chi connectivity index (χ4v) is 14.1. The quantitative estimate of drug-likeness (QED) is 0.0300. The highest BCUT2D eigenvalue weighted by Gasteiger charge is 2.65. The SMILES string of the molecule is C=C(C)[C@H](CC)C1C2CCC3C(C)(CC[C@@H](CC)OC(=O)C[N+](C)(C)CCCCCCCCCCCCCC)C(C)CC[C@@]3(C)[C@]2(C)CC[C@@H]1COC(=O)C[N+](C)(CC)CCC.CCC.CCC.CCC.CCCC. The van der Waals surface area contributed by atoms with Crippen molar-refractivity contribution in [2.75, 3.05) is 60.5 Å². The Balaban J connectivity index is 0. The van der Waals surface area contributed by atoms with E-state index >= 15 is 0 Å². The van der Waals surface area contributed by atoms with Crippen LogP contribution in [0.5, 0.6) is 0 Å². The molecule has 0 aromatic carbocycles. The summed E-state index contributed by atoms with van der Waals surface area (Å²) < 4.78 is 14.1. The lowest BCUT2D eigenvalue weighted by molar-refractivity contribution is -0.900. The molecule has 0 spiro atoms. The summed E-state index contributed by atoms with van der Waals surface area (Å²) in [6, 6.07) is 0. The lowest BCUT2D eigenvalue weighted by atomic mass is 9.35. The Morgan fingerprint density at radius 1 is 0.600 bits per heavy atom. The molecule has 3 saturated carbocycles. The second-order valence-corrected chi connectivity index (χ2v) is 26.6. The van der Waals surface area contributed by atoms with E-state index in [1.54, 1.807) is 0 Å². The average molecular weight is 1060 g/mol. The van der Waals surface area contributed by atoms with Gasteiger partial charge in [0.2, 0.25) is 0 Å². The summed E-state index contributed by atoms with van der Waals surface area (Å²) in [7, 11) is 6.62. The van der Waals surface area contributed by atoms with Crippen LogP contribution in [0.4, 0.5) is 0 Å². The first-order chi connectivity index (χ1) is 35.5. The lowest BCUT2D eigenvalue weighted by Crippen LogP contribution is -2.63. The van der Waals surface area contributed by atoms with E-state index in [4.69, 9.17) is 9.47 Å². The number of fused-ring (bicyclic) bond motifs is 3. The van der Waals surface area contributed by atoms with Gasteiger partial charge in [-0.1, -0.05) is 219 Å². The molecule has 6 nitrogen and oxygen atoms in total. The first-order valence-electron chi connectivity index (χ1n) is 33.1. The molecule has 6 unspecified atom stereocenters. The van der Waals surface area contributed by atoms with Crippen molar-refractivity contribution in [1.29, 1.82) is 0 Å². The number of unbranched alkanes of at least 4 members (excludes halogenated alkanes) is 12. The van der Waals surface area contributed by atoms with Gasteiger partial charge in [-0.05, 0) is 149 Å². The third-order valence-corrected chi connectivity index (χ3v) is 19.2. The number of allylic oxidation sites excluding steroid dienone is 1. The minimum atomic E-state index is -0.0281. The van der Waals surface area contributed by atoms with Crippen LogP contribution in [0, 0.1) is 51.8 Å². The molecule has 0 heterocycles. The van der Waals surface area contributed by atoms with Gasteiger partial charge in [0.1, 0.15) is 6.10 Å². The van der Waals surface area contributed by atoms with Crippen LogP contribution in [-0.4, -0.2) is 87.5 Å². The number of hydrogen-bond donors (Lipinski definition) is 0. The molecular weight excluding hydrogens is 921 g/mol. The van der Waals surface area contributed by atoms with E-state index in [0.717, 1.165) is 62.6 Å². The number of esters is 2. The Hall–Kier alpha value is -1.40. The van der Waals surface area contributed by atoms with Crippen molar-refractivity contribution in [2.24, 2.45) is 51.8 Å². The van der Waals surface area contributed by atoms with Gasteiger partial charge in [-0.15, -0.1) is 0 Å². The zero-order chi connectivity index (χ0) is 57.7. The van der Waals surface area contributed by atoms with Gasteiger partial charge < -0.3 is 18.4 Å². The molecule has 0 radical (unpaired) electrons. The van der Waals surface area contributed by atoms with Crippen LogP contribution >= 0.6 is 0 Å². The van der Waals surface area contributed by atoms with Gasteiger partial charge in [-0.25, -0.2) is 9.59 Å². The maximum absolute atomic E-state index is 13.5. The predicted octanol–water partition coefficient (Wildman–Crippen LogP) is 20.4. The molecule has 0 bridgehead atoms. The third-order valence-electron chi connectivity index (χ3n) is 19.2. The topological polar surface area (TPSA) is 52.6 Å². The number of rotatable bonds is 31. The molecule has 0 N–H and O–H groups in total. The highest BCUT2D eigenvalue weighted by atomic mass is 16.5. The molecule has 0 amide bonds. The van der Waals surface area contributed by atoms with Crippen LogP contribution in [0.25, 0.3) is 0 Å².